The van der Waals surface area contributed by atoms with Crippen LogP contribution in [0, 0.1) is 0 Å². The van der Waals surface area contributed by atoms with Crippen LogP contribution < -0.4 is 0 Å². The summed E-state index contributed by atoms with van der Waals surface area (Å²) in [5.41, 5.74) is 1.25. The second kappa shape index (κ2) is 8.30. The van der Waals surface area contributed by atoms with Gasteiger partial charge < -0.3 is 14.7 Å². The van der Waals surface area contributed by atoms with Gasteiger partial charge in [0, 0.05) is 28.2 Å². The molecule has 5 nitrogen and oxygen atoms in total. The summed E-state index contributed by atoms with van der Waals surface area (Å²) in [6, 6.07) is 13.2. The predicted molar refractivity (Wildman–Crippen MR) is 114 cm³/mol. The third kappa shape index (κ3) is 3.97. The first-order valence-electron chi connectivity index (χ1n) is 9.37. The van der Waals surface area contributed by atoms with Crippen molar-refractivity contribution in [2.75, 3.05) is 13.2 Å². The number of ether oxygens (including phenoxy) is 1. The van der Waals surface area contributed by atoms with Gasteiger partial charge in [-0.3, -0.25) is 9.59 Å². The first-order valence-corrected chi connectivity index (χ1v) is 10.5. The maximum absolute atomic E-state index is 13.0. The van der Waals surface area contributed by atoms with E-state index in [0.717, 1.165) is 22.9 Å². The minimum atomic E-state index is -0.694. The van der Waals surface area contributed by atoms with Crippen LogP contribution in [0.2, 0.25) is 5.02 Å². The number of amides is 1. The third-order valence-electron chi connectivity index (χ3n) is 5.25. The van der Waals surface area contributed by atoms with Gasteiger partial charge in [-0.2, -0.15) is 0 Å². The van der Waals surface area contributed by atoms with E-state index in [1.54, 1.807) is 24.3 Å². The van der Waals surface area contributed by atoms with Crippen LogP contribution in [-0.4, -0.2) is 41.0 Å². The summed E-state index contributed by atoms with van der Waals surface area (Å²) in [4.78, 5) is 27.4. The second-order valence-electron chi connectivity index (χ2n) is 7.15. The first kappa shape index (κ1) is 20.1. The zero-order valence-electron chi connectivity index (χ0n) is 15.5. The molecule has 2 atom stereocenters. The molecule has 2 aromatic carbocycles. The number of Topliss-reactive ketones (excluding diaryl/α,β-unsaturated/α-hetero) is 1. The lowest BCUT2D eigenvalue weighted by molar-refractivity contribution is -0.140. The van der Waals surface area contributed by atoms with E-state index >= 15 is 0 Å². The van der Waals surface area contributed by atoms with Gasteiger partial charge in [-0.15, -0.1) is 0 Å². The summed E-state index contributed by atoms with van der Waals surface area (Å²) in [7, 11) is 0. The van der Waals surface area contributed by atoms with Gasteiger partial charge in [0.05, 0.1) is 17.7 Å². The lowest BCUT2D eigenvalue weighted by Crippen LogP contribution is -2.36. The van der Waals surface area contributed by atoms with Crippen molar-refractivity contribution in [2.24, 2.45) is 0 Å². The maximum Gasteiger partial charge on any atom is 0.295 e. The molecule has 2 aromatic rings. The van der Waals surface area contributed by atoms with E-state index in [2.05, 4.69) is 15.9 Å². The fourth-order valence-corrected chi connectivity index (χ4v) is 4.41. The van der Waals surface area contributed by atoms with Crippen molar-refractivity contribution in [3.8, 4) is 0 Å². The van der Waals surface area contributed by atoms with Gasteiger partial charge in [0.2, 0.25) is 0 Å². The molecule has 0 bridgehead atoms. The van der Waals surface area contributed by atoms with Crippen molar-refractivity contribution in [1.82, 2.24) is 4.90 Å². The summed E-state index contributed by atoms with van der Waals surface area (Å²) < 4.78 is 6.52. The Hall–Kier alpha value is -2.15. The smallest absolute Gasteiger partial charge is 0.295 e. The van der Waals surface area contributed by atoms with Crippen LogP contribution in [0.4, 0.5) is 0 Å². The van der Waals surface area contributed by atoms with E-state index in [-0.39, 0.29) is 17.4 Å². The first-order chi connectivity index (χ1) is 14.0. The Morgan fingerprint density at radius 3 is 2.62 bits per heavy atom. The number of hydrogen-bond acceptors (Lipinski definition) is 4. The zero-order chi connectivity index (χ0) is 20.5. The highest BCUT2D eigenvalue weighted by Gasteiger charge is 2.47. The van der Waals surface area contributed by atoms with E-state index in [9.17, 15) is 14.7 Å². The molecule has 0 unspecified atom stereocenters. The molecule has 2 aliphatic heterocycles. The minimum Gasteiger partial charge on any atom is -0.507 e. The molecular weight excluding hydrogens is 458 g/mol. The van der Waals surface area contributed by atoms with Crippen LogP contribution in [0.15, 0.2) is 58.6 Å². The lowest BCUT2D eigenvalue weighted by atomic mass is 9.95. The Balaban J connectivity index is 1.83. The molecule has 7 heteroatoms. The van der Waals surface area contributed by atoms with Crippen molar-refractivity contribution in [3.05, 3.63) is 74.7 Å². The van der Waals surface area contributed by atoms with Crippen LogP contribution in [0.25, 0.3) is 5.76 Å². The number of hydrogen-bond donors (Lipinski definition) is 1. The molecule has 150 valence electrons. The molecule has 0 aliphatic carbocycles. The van der Waals surface area contributed by atoms with Crippen molar-refractivity contribution in [1.29, 1.82) is 0 Å². The number of carbonyl (C=O) groups is 2. The number of aliphatic hydroxyl groups is 1. The zero-order valence-corrected chi connectivity index (χ0v) is 17.8. The highest BCUT2D eigenvalue weighted by Crippen LogP contribution is 2.40. The fraction of sp³-hybridized carbons (Fsp3) is 0.273. The summed E-state index contributed by atoms with van der Waals surface area (Å²) in [5.74, 6) is -1.53. The van der Waals surface area contributed by atoms with E-state index < -0.39 is 17.7 Å². The van der Waals surface area contributed by atoms with Crippen LogP contribution in [0.3, 0.4) is 0 Å². The molecule has 2 heterocycles. The van der Waals surface area contributed by atoms with Gasteiger partial charge in [0.1, 0.15) is 5.76 Å². The van der Waals surface area contributed by atoms with Crippen LogP contribution >= 0.6 is 27.5 Å². The van der Waals surface area contributed by atoms with E-state index in [1.807, 2.05) is 24.3 Å². The predicted octanol–water partition coefficient (Wildman–Crippen LogP) is 4.70. The molecule has 2 fully saturated rings. The SMILES string of the molecule is O=C1C(=O)N(C[C@H]2CCCO2)[C@H](c2cccc(Br)c2)C1=C(O)c1ccc(Cl)cc1. The van der Waals surface area contributed by atoms with Gasteiger partial charge in [-0.05, 0) is 54.8 Å². The topological polar surface area (TPSA) is 66.8 Å². The number of likely N-dealkylation sites (tertiary alicyclic amines) is 1. The molecule has 1 N–H and O–H groups in total. The highest BCUT2D eigenvalue weighted by molar-refractivity contribution is 9.10. The van der Waals surface area contributed by atoms with Gasteiger partial charge in [-0.25, -0.2) is 0 Å². The van der Waals surface area contributed by atoms with Crippen molar-refractivity contribution >= 4 is 45.0 Å². The monoisotopic (exact) mass is 475 g/mol. The third-order valence-corrected chi connectivity index (χ3v) is 5.99. The van der Waals surface area contributed by atoms with Gasteiger partial charge in [0.15, 0.2) is 0 Å². The van der Waals surface area contributed by atoms with Crippen molar-refractivity contribution in [2.45, 2.75) is 25.0 Å². The fourth-order valence-electron chi connectivity index (χ4n) is 3.86. The lowest BCUT2D eigenvalue weighted by Gasteiger charge is -2.27. The van der Waals surface area contributed by atoms with Crippen LogP contribution in [-0.2, 0) is 14.3 Å². The Bertz CT molecular complexity index is 983. The Labute approximate surface area is 182 Å². The molecule has 29 heavy (non-hydrogen) atoms. The quantitative estimate of drug-likeness (QED) is 0.394. The second-order valence-corrected chi connectivity index (χ2v) is 8.50. The summed E-state index contributed by atoms with van der Waals surface area (Å²) in [6.07, 6.45) is 1.66. The van der Waals surface area contributed by atoms with Gasteiger partial charge in [0.25, 0.3) is 11.7 Å². The number of carbonyl (C=O) groups excluding carboxylic acids is 2. The van der Waals surface area contributed by atoms with E-state index in [4.69, 9.17) is 16.3 Å². The number of aliphatic hydroxyl groups excluding tert-OH is 1. The summed E-state index contributed by atoms with van der Waals surface area (Å²) in [6.45, 7) is 0.958. The molecule has 4 rings (SSSR count). The van der Waals surface area contributed by atoms with E-state index in [1.165, 1.54) is 4.90 Å². The van der Waals surface area contributed by atoms with Crippen LogP contribution in [0.1, 0.15) is 30.0 Å². The molecule has 0 aromatic heterocycles. The summed E-state index contributed by atoms with van der Waals surface area (Å²) in [5, 5.41) is 11.5. The number of halogens is 2. The minimum absolute atomic E-state index is 0.0772. The largest absolute Gasteiger partial charge is 0.507 e. The Morgan fingerprint density at radius 2 is 1.97 bits per heavy atom. The van der Waals surface area contributed by atoms with Crippen LogP contribution in [0.5, 0.6) is 0 Å². The average Bonchev–Trinajstić information content (AvgIpc) is 3.30. The molecule has 1 amide bonds. The van der Waals surface area contributed by atoms with E-state index in [0.29, 0.717) is 23.7 Å². The number of rotatable bonds is 4. The summed E-state index contributed by atoms with van der Waals surface area (Å²) >= 11 is 9.39. The molecule has 0 spiro atoms. The standard InChI is InChI=1S/C22H19BrClNO4/c23-15-4-1-3-14(11-15)19-18(20(26)13-6-8-16(24)9-7-13)21(27)22(28)25(19)12-17-5-2-10-29-17/h1,3-4,6-9,11,17,19,26H,2,5,10,12H2/t17-,19-/m1/s1. The number of ketones is 1. The molecule has 2 aliphatic rings. The molecule has 0 saturated carbocycles. The average molecular weight is 477 g/mol. The molecule has 2 saturated heterocycles. The van der Waals surface area contributed by atoms with Gasteiger partial charge >= 0.3 is 0 Å². The number of nitrogens with zero attached hydrogens (tertiary/aromatic N) is 1. The van der Waals surface area contributed by atoms with Crippen molar-refractivity contribution in [3.63, 3.8) is 0 Å². The number of benzene rings is 2. The molecule has 0 radical (unpaired) electrons. The van der Waals surface area contributed by atoms with Crippen molar-refractivity contribution < 1.29 is 19.4 Å². The highest BCUT2D eigenvalue weighted by atomic mass is 79.9. The maximum atomic E-state index is 13.0. The van der Waals surface area contributed by atoms with Gasteiger partial charge in [-0.1, -0.05) is 39.7 Å². The normalized spacial score (nSPS) is 23.7. The Kier molecular flexibility index (Phi) is 5.76. The Morgan fingerprint density at radius 1 is 1.21 bits per heavy atom. The molecular formula is C22H19BrClNO4.